The van der Waals surface area contributed by atoms with Gasteiger partial charge in [-0.25, -0.2) is 9.78 Å². The number of hydrogen-bond acceptors (Lipinski definition) is 6. The van der Waals surface area contributed by atoms with E-state index in [1.807, 2.05) is 31.1 Å². The van der Waals surface area contributed by atoms with Crippen molar-refractivity contribution in [3.8, 4) is 34.0 Å². The molecule has 7 heteroatoms. The third-order valence-corrected chi connectivity index (χ3v) is 3.74. The molecule has 25 heavy (non-hydrogen) atoms. The Morgan fingerprint density at radius 1 is 1.12 bits per heavy atom. The van der Waals surface area contributed by atoms with Crippen LogP contribution in [-0.2, 0) is 0 Å². The molecule has 0 radical (unpaired) electrons. The first kappa shape index (κ1) is 16.5. The van der Waals surface area contributed by atoms with Gasteiger partial charge in [0.25, 0.3) is 0 Å². The first-order valence-electron chi connectivity index (χ1n) is 7.60. The van der Waals surface area contributed by atoms with Crippen molar-refractivity contribution in [2.45, 2.75) is 0 Å². The molecular formula is C18H18N4O3. The van der Waals surface area contributed by atoms with Gasteiger partial charge in [-0.2, -0.15) is 4.98 Å². The van der Waals surface area contributed by atoms with Gasteiger partial charge in [0.05, 0.1) is 18.5 Å². The van der Waals surface area contributed by atoms with Crippen molar-refractivity contribution < 1.29 is 9.84 Å². The normalized spacial score (nSPS) is 10.5. The van der Waals surface area contributed by atoms with Gasteiger partial charge in [0.1, 0.15) is 5.82 Å². The molecule has 1 aromatic carbocycles. The second kappa shape index (κ2) is 6.64. The summed E-state index contributed by atoms with van der Waals surface area (Å²) in [4.78, 5) is 24.9. The fraction of sp³-hybridized carbons (Fsp3) is 0.167. The molecule has 0 spiro atoms. The first-order chi connectivity index (χ1) is 12.0. The van der Waals surface area contributed by atoms with Crippen LogP contribution in [0.25, 0.3) is 22.5 Å². The zero-order valence-corrected chi connectivity index (χ0v) is 14.1. The molecule has 2 heterocycles. The Bertz CT molecular complexity index is 949. The Hall–Kier alpha value is -3.35. The molecule has 0 saturated carbocycles. The van der Waals surface area contributed by atoms with E-state index in [2.05, 4.69) is 15.0 Å². The number of pyridine rings is 1. The Balaban J connectivity index is 2.05. The lowest BCUT2D eigenvalue weighted by Gasteiger charge is -2.11. The molecule has 0 atom stereocenters. The molecule has 0 unspecified atom stereocenters. The van der Waals surface area contributed by atoms with Gasteiger partial charge in [-0.3, -0.25) is 0 Å². The quantitative estimate of drug-likeness (QED) is 0.758. The second-order valence-electron chi connectivity index (χ2n) is 5.67. The Morgan fingerprint density at radius 3 is 2.52 bits per heavy atom. The van der Waals surface area contributed by atoms with E-state index < -0.39 is 5.69 Å². The molecule has 7 nitrogen and oxygen atoms in total. The molecule has 0 bridgehead atoms. The molecule has 0 aliphatic heterocycles. The van der Waals surface area contributed by atoms with Gasteiger partial charge in [0, 0.05) is 31.4 Å². The number of ether oxygens (including phenoxy) is 1. The van der Waals surface area contributed by atoms with Gasteiger partial charge in [0.15, 0.2) is 11.5 Å². The minimum absolute atomic E-state index is 0.0337. The number of H-pyrrole nitrogens is 1. The summed E-state index contributed by atoms with van der Waals surface area (Å²) < 4.78 is 5.12. The molecule has 3 rings (SSSR count). The van der Waals surface area contributed by atoms with Gasteiger partial charge in [-0.05, 0) is 36.4 Å². The highest BCUT2D eigenvalue weighted by Crippen LogP contribution is 2.31. The van der Waals surface area contributed by atoms with Crippen LogP contribution >= 0.6 is 0 Å². The maximum Gasteiger partial charge on any atom is 0.345 e. The van der Waals surface area contributed by atoms with E-state index in [0.29, 0.717) is 22.7 Å². The van der Waals surface area contributed by atoms with Crippen LogP contribution in [0.4, 0.5) is 5.82 Å². The van der Waals surface area contributed by atoms with Crippen molar-refractivity contribution >= 4 is 5.82 Å². The number of nitrogens with one attached hydrogen (secondary N) is 1. The summed E-state index contributed by atoms with van der Waals surface area (Å²) in [6.07, 6.45) is 1.68. The lowest BCUT2D eigenvalue weighted by molar-refractivity contribution is 0.373. The predicted octanol–water partition coefficient (Wildman–Crippen LogP) is 2.28. The summed E-state index contributed by atoms with van der Waals surface area (Å²) in [6, 6.07) is 10.4. The third kappa shape index (κ3) is 3.45. The van der Waals surface area contributed by atoms with E-state index in [-0.39, 0.29) is 5.75 Å². The molecule has 0 saturated heterocycles. The highest BCUT2D eigenvalue weighted by Gasteiger charge is 2.09. The van der Waals surface area contributed by atoms with Gasteiger partial charge in [0.2, 0.25) is 0 Å². The Labute approximate surface area is 144 Å². The van der Waals surface area contributed by atoms with Gasteiger partial charge >= 0.3 is 5.69 Å². The van der Waals surface area contributed by atoms with Crippen LogP contribution in [0.1, 0.15) is 0 Å². The summed E-state index contributed by atoms with van der Waals surface area (Å²) in [6.45, 7) is 0. The standard InChI is InChI=1S/C18H18N4O3/c1-22(2)17-7-5-12(10-19-17)14-9-13(20-18(24)21-14)11-4-6-15(23)16(8-11)25-3/h4-10,23H,1-3H3,(H,20,21,24). The molecule has 2 N–H and O–H groups in total. The zero-order valence-electron chi connectivity index (χ0n) is 14.1. The molecule has 0 amide bonds. The number of phenolic OH excluding ortho intramolecular Hbond substituents is 1. The number of hydrogen-bond donors (Lipinski definition) is 2. The van der Waals surface area contributed by atoms with Crippen LogP contribution in [-0.4, -0.2) is 41.3 Å². The molecule has 128 valence electrons. The number of methoxy groups -OCH3 is 1. The topological polar surface area (TPSA) is 91.3 Å². The highest BCUT2D eigenvalue weighted by atomic mass is 16.5. The second-order valence-corrected chi connectivity index (χ2v) is 5.67. The van der Waals surface area contributed by atoms with Crippen molar-refractivity contribution in [1.82, 2.24) is 15.0 Å². The van der Waals surface area contributed by atoms with Crippen LogP contribution in [0.2, 0.25) is 0 Å². The summed E-state index contributed by atoms with van der Waals surface area (Å²) in [5.41, 5.74) is 2.07. The zero-order chi connectivity index (χ0) is 18.0. The number of phenols is 1. The number of anilines is 1. The lowest BCUT2D eigenvalue weighted by atomic mass is 10.1. The third-order valence-electron chi connectivity index (χ3n) is 3.74. The number of nitrogens with zero attached hydrogens (tertiary/aromatic N) is 3. The van der Waals surface area contributed by atoms with Crippen molar-refractivity contribution in [1.29, 1.82) is 0 Å². The minimum atomic E-state index is -0.462. The molecule has 0 fully saturated rings. The van der Waals surface area contributed by atoms with Crippen molar-refractivity contribution in [2.75, 3.05) is 26.1 Å². The molecular weight excluding hydrogens is 320 g/mol. The number of aromatic hydroxyl groups is 1. The Kier molecular flexibility index (Phi) is 4.38. The van der Waals surface area contributed by atoms with Crippen LogP contribution < -0.4 is 15.3 Å². The maximum atomic E-state index is 12.0. The average molecular weight is 338 g/mol. The average Bonchev–Trinajstić information content (AvgIpc) is 2.61. The number of aromatic amines is 1. The number of rotatable bonds is 4. The van der Waals surface area contributed by atoms with Crippen molar-refractivity contribution in [2.24, 2.45) is 0 Å². The summed E-state index contributed by atoms with van der Waals surface area (Å²) in [7, 11) is 5.28. The first-order valence-corrected chi connectivity index (χ1v) is 7.60. The van der Waals surface area contributed by atoms with Gasteiger partial charge in [-0.15, -0.1) is 0 Å². The highest BCUT2D eigenvalue weighted by molar-refractivity contribution is 5.69. The van der Waals surface area contributed by atoms with E-state index in [1.54, 1.807) is 24.4 Å². The molecule has 2 aromatic heterocycles. The summed E-state index contributed by atoms with van der Waals surface area (Å²) >= 11 is 0. The Morgan fingerprint density at radius 2 is 1.88 bits per heavy atom. The monoisotopic (exact) mass is 338 g/mol. The fourth-order valence-corrected chi connectivity index (χ4v) is 2.41. The molecule has 3 aromatic rings. The van der Waals surface area contributed by atoms with Gasteiger partial charge in [-0.1, -0.05) is 0 Å². The fourth-order valence-electron chi connectivity index (χ4n) is 2.41. The lowest BCUT2D eigenvalue weighted by Crippen LogP contribution is -2.12. The van der Waals surface area contributed by atoms with Gasteiger partial charge < -0.3 is 19.7 Å². The van der Waals surface area contributed by atoms with Crippen LogP contribution in [0.3, 0.4) is 0 Å². The van der Waals surface area contributed by atoms with Crippen LogP contribution in [0.5, 0.6) is 11.5 Å². The number of aromatic nitrogens is 3. The summed E-state index contributed by atoms with van der Waals surface area (Å²) in [5, 5.41) is 9.72. The number of benzene rings is 1. The SMILES string of the molecule is COc1cc(-c2cc(-c3ccc(N(C)C)nc3)nc(=O)[nH]2)ccc1O. The van der Waals surface area contributed by atoms with Crippen LogP contribution in [0, 0.1) is 0 Å². The smallest absolute Gasteiger partial charge is 0.345 e. The maximum absolute atomic E-state index is 12.0. The van der Waals surface area contributed by atoms with E-state index in [1.165, 1.54) is 13.2 Å². The van der Waals surface area contributed by atoms with E-state index in [4.69, 9.17) is 4.74 Å². The summed E-state index contributed by atoms with van der Waals surface area (Å²) in [5.74, 6) is 1.18. The van der Waals surface area contributed by atoms with E-state index in [9.17, 15) is 9.90 Å². The van der Waals surface area contributed by atoms with Crippen LogP contribution in [0.15, 0.2) is 47.4 Å². The largest absolute Gasteiger partial charge is 0.504 e. The predicted molar refractivity (Wildman–Crippen MR) is 96.1 cm³/mol. The van der Waals surface area contributed by atoms with E-state index in [0.717, 1.165) is 11.4 Å². The molecule has 0 aliphatic rings. The van der Waals surface area contributed by atoms with Crippen molar-refractivity contribution in [3.05, 3.63) is 53.1 Å². The minimum Gasteiger partial charge on any atom is -0.504 e. The van der Waals surface area contributed by atoms with E-state index >= 15 is 0 Å². The molecule has 0 aliphatic carbocycles. The van der Waals surface area contributed by atoms with Crippen molar-refractivity contribution in [3.63, 3.8) is 0 Å².